The van der Waals surface area contributed by atoms with Gasteiger partial charge in [-0.3, -0.25) is 0 Å². The summed E-state index contributed by atoms with van der Waals surface area (Å²) in [5.41, 5.74) is 5.36. The molecule has 5 heteroatoms. The van der Waals surface area contributed by atoms with Gasteiger partial charge in [0.25, 0.3) is 0 Å². The van der Waals surface area contributed by atoms with Crippen LogP contribution in [0.3, 0.4) is 0 Å². The van der Waals surface area contributed by atoms with Crippen molar-refractivity contribution < 1.29 is 10.3 Å². The van der Waals surface area contributed by atoms with E-state index in [9.17, 15) is 0 Å². The van der Waals surface area contributed by atoms with E-state index in [4.69, 9.17) is 16.0 Å². The zero-order chi connectivity index (χ0) is 10.3. The molecule has 0 aromatic carbocycles. The number of nitrogens with zero attached hydrogens (tertiary/aromatic N) is 1. The predicted octanol–water partition coefficient (Wildman–Crippen LogP) is 1.02. The molecule has 0 spiro atoms. The Kier molecular flexibility index (Phi) is 6.80. The standard InChI is InChI=1S/C8H18N2O2S/c1-6(3-4-11)13-7(2)5-8(9)10-12/h6-7,11-12H,3-5H2,1-2H3,(H2,9,10). The van der Waals surface area contributed by atoms with E-state index in [1.807, 2.05) is 6.92 Å². The van der Waals surface area contributed by atoms with Crippen molar-refractivity contribution in [3.63, 3.8) is 0 Å². The number of thioether (sulfide) groups is 1. The van der Waals surface area contributed by atoms with Crippen molar-refractivity contribution in [2.45, 2.75) is 37.2 Å². The Morgan fingerprint density at radius 3 is 2.54 bits per heavy atom. The quantitative estimate of drug-likeness (QED) is 0.262. The minimum absolute atomic E-state index is 0.213. The number of nitrogens with two attached hydrogens (primary N) is 1. The van der Waals surface area contributed by atoms with Gasteiger partial charge in [0.05, 0.1) is 0 Å². The fourth-order valence-corrected chi connectivity index (χ4v) is 2.33. The van der Waals surface area contributed by atoms with E-state index < -0.39 is 0 Å². The lowest BCUT2D eigenvalue weighted by molar-refractivity contribution is 0.289. The summed E-state index contributed by atoms with van der Waals surface area (Å²) in [7, 11) is 0. The smallest absolute Gasteiger partial charge is 0.140 e. The van der Waals surface area contributed by atoms with Gasteiger partial charge in [-0.05, 0) is 6.42 Å². The average molecular weight is 206 g/mol. The molecule has 0 bridgehead atoms. The van der Waals surface area contributed by atoms with Crippen LogP contribution in [0.1, 0.15) is 26.7 Å². The van der Waals surface area contributed by atoms with Gasteiger partial charge in [-0.1, -0.05) is 19.0 Å². The van der Waals surface area contributed by atoms with Gasteiger partial charge in [-0.25, -0.2) is 0 Å². The monoisotopic (exact) mass is 206 g/mol. The van der Waals surface area contributed by atoms with Crippen molar-refractivity contribution in [1.82, 2.24) is 0 Å². The summed E-state index contributed by atoms with van der Waals surface area (Å²) in [5.74, 6) is 0.260. The molecule has 78 valence electrons. The molecule has 0 heterocycles. The van der Waals surface area contributed by atoms with E-state index in [0.717, 1.165) is 6.42 Å². The van der Waals surface area contributed by atoms with Gasteiger partial charge in [0.1, 0.15) is 5.84 Å². The summed E-state index contributed by atoms with van der Waals surface area (Å²) in [4.78, 5) is 0. The molecule has 0 aliphatic rings. The lowest BCUT2D eigenvalue weighted by Crippen LogP contribution is -2.18. The van der Waals surface area contributed by atoms with Gasteiger partial charge >= 0.3 is 0 Å². The topological polar surface area (TPSA) is 78.8 Å². The van der Waals surface area contributed by atoms with Gasteiger partial charge in [0, 0.05) is 23.5 Å². The molecule has 0 saturated carbocycles. The summed E-state index contributed by atoms with van der Waals surface area (Å²) in [6, 6.07) is 0. The molecule has 0 saturated heterocycles. The molecule has 0 amide bonds. The molecule has 2 unspecified atom stereocenters. The molecule has 0 fully saturated rings. The number of hydrogen-bond acceptors (Lipinski definition) is 4. The first-order valence-electron chi connectivity index (χ1n) is 4.32. The Hall–Kier alpha value is -0.420. The maximum absolute atomic E-state index is 8.68. The highest BCUT2D eigenvalue weighted by atomic mass is 32.2. The van der Waals surface area contributed by atoms with Crippen molar-refractivity contribution in [1.29, 1.82) is 0 Å². The van der Waals surface area contributed by atoms with Crippen LogP contribution in [0, 0.1) is 0 Å². The first-order valence-corrected chi connectivity index (χ1v) is 5.27. The molecule has 0 aromatic rings. The minimum atomic E-state index is 0.213. The zero-order valence-corrected chi connectivity index (χ0v) is 8.92. The first kappa shape index (κ1) is 12.6. The van der Waals surface area contributed by atoms with E-state index >= 15 is 0 Å². The summed E-state index contributed by atoms with van der Waals surface area (Å²) in [5, 5.41) is 20.7. The first-order chi connectivity index (χ1) is 6.10. The average Bonchev–Trinajstić information content (AvgIpc) is 2.04. The van der Waals surface area contributed by atoms with Crippen molar-refractivity contribution >= 4 is 17.6 Å². The highest BCUT2D eigenvalue weighted by Gasteiger charge is 2.10. The predicted molar refractivity (Wildman–Crippen MR) is 56.2 cm³/mol. The second-order valence-electron chi connectivity index (χ2n) is 3.07. The molecule has 13 heavy (non-hydrogen) atoms. The Labute approximate surface area is 83.2 Å². The van der Waals surface area contributed by atoms with Crippen LogP contribution in [-0.2, 0) is 0 Å². The molecule has 0 radical (unpaired) electrons. The fourth-order valence-electron chi connectivity index (χ4n) is 1.03. The number of oxime groups is 1. The van der Waals surface area contributed by atoms with Gasteiger partial charge in [-0.2, -0.15) is 11.8 Å². The summed E-state index contributed by atoms with van der Waals surface area (Å²) in [6.45, 7) is 4.30. The van der Waals surface area contributed by atoms with Crippen LogP contribution in [0.15, 0.2) is 5.16 Å². The zero-order valence-electron chi connectivity index (χ0n) is 8.10. The third-order valence-corrected chi connectivity index (χ3v) is 2.96. The lowest BCUT2D eigenvalue weighted by atomic mass is 10.3. The van der Waals surface area contributed by atoms with Crippen molar-refractivity contribution in [2.75, 3.05) is 6.61 Å². The highest BCUT2D eigenvalue weighted by Crippen LogP contribution is 2.21. The van der Waals surface area contributed by atoms with E-state index in [-0.39, 0.29) is 12.4 Å². The number of aliphatic hydroxyl groups excluding tert-OH is 1. The largest absolute Gasteiger partial charge is 0.409 e. The summed E-state index contributed by atoms with van der Waals surface area (Å²) < 4.78 is 0. The van der Waals surface area contributed by atoms with E-state index in [1.54, 1.807) is 11.8 Å². The maximum Gasteiger partial charge on any atom is 0.140 e. The van der Waals surface area contributed by atoms with Crippen LogP contribution in [0.5, 0.6) is 0 Å². The Morgan fingerprint density at radius 1 is 1.46 bits per heavy atom. The number of rotatable bonds is 6. The van der Waals surface area contributed by atoms with Crippen LogP contribution >= 0.6 is 11.8 Å². The van der Waals surface area contributed by atoms with Crippen molar-refractivity contribution in [2.24, 2.45) is 10.9 Å². The van der Waals surface area contributed by atoms with Crippen LogP contribution < -0.4 is 5.73 Å². The molecule has 0 aliphatic carbocycles. The second-order valence-corrected chi connectivity index (χ2v) is 4.95. The molecule has 0 aromatic heterocycles. The minimum Gasteiger partial charge on any atom is -0.409 e. The highest BCUT2D eigenvalue weighted by molar-refractivity contribution is 8.00. The molecule has 0 aliphatic heterocycles. The molecule has 4 nitrogen and oxygen atoms in total. The van der Waals surface area contributed by atoms with Crippen LogP contribution in [-0.4, -0.2) is 33.3 Å². The number of aliphatic hydroxyl groups is 1. The van der Waals surface area contributed by atoms with Gasteiger partial charge in [-0.15, -0.1) is 0 Å². The van der Waals surface area contributed by atoms with Crippen LogP contribution in [0.2, 0.25) is 0 Å². The molecular formula is C8H18N2O2S. The van der Waals surface area contributed by atoms with Gasteiger partial charge < -0.3 is 16.0 Å². The molecule has 4 N–H and O–H groups in total. The van der Waals surface area contributed by atoms with Crippen molar-refractivity contribution in [3.8, 4) is 0 Å². The van der Waals surface area contributed by atoms with Gasteiger partial charge in [0.15, 0.2) is 0 Å². The SMILES string of the molecule is CC(CCO)SC(C)CC(N)=NO. The van der Waals surface area contributed by atoms with Crippen LogP contribution in [0.25, 0.3) is 0 Å². The van der Waals surface area contributed by atoms with Gasteiger partial charge in [0.2, 0.25) is 0 Å². The molecule has 0 rings (SSSR count). The Bertz CT molecular complexity index is 164. The van der Waals surface area contributed by atoms with E-state index in [1.165, 1.54) is 0 Å². The maximum atomic E-state index is 8.68. The number of amidine groups is 1. The summed E-state index contributed by atoms with van der Waals surface area (Å²) >= 11 is 1.74. The number of hydrogen-bond donors (Lipinski definition) is 3. The van der Waals surface area contributed by atoms with E-state index in [0.29, 0.717) is 16.9 Å². The second kappa shape index (κ2) is 7.03. The fraction of sp³-hybridized carbons (Fsp3) is 0.875. The third kappa shape index (κ3) is 6.72. The van der Waals surface area contributed by atoms with Crippen molar-refractivity contribution in [3.05, 3.63) is 0 Å². The Balaban J connectivity index is 3.67. The molecular weight excluding hydrogens is 188 g/mol. The third-order valence-electron chi connectivity index (χ3n) is 1.63. The van der Waals surface area contributed by atoms with Crippen LogP contribution in [0.4, 0.5) is 0 Å². The Morgan fingerprint density at radius 2 is 2.08 bits per heavy atom. The molecule has 2 atom stereocenters. The normalized spacial score (nSPS) is 17.0. The lowest BCUT2D eigenvalue weighted by Gasteiger charge is -2.15. The van der Waals surface area contributed by atoms with E-state index in [2.05, 4.69) is 12.1 Å². The summed E-state index contributed by atoms with van der Waals surface area (Å²) in [6.07, 6.45) is 1.36.